The van der Waals surface area contributed by atoms with E-state index in [1.807, 2.05) is 0 Å². The van der Waals surface area contributed by atoms with Gasteiger partial charge in [-0.3, -0.25) is 0 Å². The van der Waals surface area contributed by atoms with Crippen LogP contribution in [-0.4, -0.2) is 27.2 Å². The van der Waals surface area contributed by atoms with E-state index in [1.165, 1.54) is 64.2 Å². The molecule has 0 aromatic carbocycles. The van der Waals surface area contributed by atoms with Gasteiger partial charge in [0, 0.05) is 0 Å². The van der Waals surface area contributed by atoms with E-state index in [1.54, 1.807) is 0 Å². The molecule has 1 rings (SSSR count). The first kappa shape index (κ1) is 16.3. The van der Waals surface area contributed by atoms with Crippen LogP contribution in [0.2, 0.25) is 0 Å². The van der Waals surface area contributed by atoms with E-state index in [9.17, 15) is 3.83 Å². The first-order valence-electron chi connectivity index (χ1n) is 7.55. The Morgan fingerprint density at radius 1 is 0.944 bits per heavy atom. The van der Waals surface area contributed by atoms with Gasteiger partial charge in [-0.1, -0.05) is 13.3 Å². The zero-order valence-corrected chi connectivity index (χ0v) is 13.4. The molecule has 4 heteroatoms. The molecule has 0 N–H and O–H groups in total. The van der Waals surface area contributed by atoms with Gasteiger partial charge >= 0.3 is 103 Å². The Morgan fingerprint density at radius 3 is 2.00 bits per heavy atom. The maximum absolute atomic E-state index is 10.9. The summed E-state index contributed by atoms with van der Waals surface area (Å²) in [5, 5.41) is 0. The summed E-state index contributed by atoms with van der Waals surface area (Å²) in [6, 6.07) is 0. The summed E-state index contributed by atoms with van der Waals surface area (Å²) in [6.07, 6.45) is 14.6. The van der Waals surface area contributed by atoms with Gasteiger partial charge in [0.15, 0.2) is 0 Å². The molecule has 1 aliphatic rings. The Balaban J connectivity index is 1.75. The Morgan fingerprint density at radius 2 is 1.50 bits per heavy atom. The first-order valence-corrected chi connectivity index (χ1v) is 9.65. The van der Waals surface area contributed by atoms with Gasteiger partial charge in [-0.2, -0.15) is 0 Å². The van der Waals surface area contributed by atoms with Gasteiger partial charge in [0.25, 0.3) is 0 Å². The molecule has 2 unspecified atom stereocenters. The third kappa shape index (κ3) is 8.36. The van der Waals surface area contributed by atoms with Gasteiger partial charge < -0.3 is 0 Å². The van der Waals surface area contributed by atoms with Gasteiger partial charge in [-0.15, -0.1) is 0 Å². The molecule has 1 saturated heterocycles. The third-order valence-electron chi connectivity index (χ3n) is 3.44. The SMILES string of the molecule is CCCCCCCCCCCCC1CO[Se](=O)O1. The van der Waals surface area contributed by atoms with Crippen LogP contribution in [0.5, 0.6) is 0 Å². The van der Waals surface area contributed by atoms with Crippen LogP contribution in [0.4, 0.5) is 0 Å². The van der Waals surface area contributed by atoms with Crippen LogP contribution >= 0.6 is 0 Å². The van der Waals surface area contributed by atoms with Crippen molar-refractivity contribution in [2.75, 3.05) is 6.61 Å². The summed E-state index contributed by atoms with van der Waals surface area (Å²) in [7, 11) is 0. The van der Waals surface area contributed by atoms with E-state index in [-0.39, 0.29) is 6.10 Å². The van der Waals surface area contributed by atoms with Gasteiger partial charge in [-0.05, 0) is 0 Å². The van der Waals surface area contributed by atoms with Crippen molar-refractivity contribution in [1.82, 2.24) is 0 Å². The van der Waals surface area contributed by atoms with Gasteiger partial charge in [0.1, 0.15) is 0 Å². The van der Waals surface area contributed by atoms with E-state index >= 15 is 0 Å². The average molecular weight is 323 g/mol. The van der Waals surface area contributed by atoms with Crippen LogP contribution < -0.4 is 0 Å². The fourth-order valence-corrected chi connectivity index (χ4v) is 3.74. The van der Waals surface area contributed by atoms with Crippen molar-refractivity contribution in [3.8, 4) is 0 Å². The number of unbranched alkanes of at least 4 members (excludes halogenated alkanes) is 9. The topological polar surface area (TPSA) is 35.5 Å². The molecule has 1 aliphatic heterocycles. The van der Waals surface area contributed by atoms with Crippen molar-refractivity contribution in [3.05, 3.63) is 0 Å². The minimum absolute atomic E-state index is 0.113. The van der Waals surface area contributed by atoms with Crippen LogP contribution in [0.3, 0.4) is 0 Å². The second kappa shape index (κ2) is 11.1. The van der Waals surface area contributed by atoms with Crippen LogP contribution in [0.1, 0.15) is 77.6 Å². The molecule has 3 nitrogen and oxygen atoms in total. The van der Waals surface area contributed by atoms with Crippen molar-refractivity contribution in [1.29, 1.82) is 0 Å². The predicted molar refractivity (Wildman–Crippen MR) is 73.7 cm³/mol. The zero-order valence-electron chi connectivity index (χ0n) is 11.7. The summed E-state index contributed by atoms with van der Waals surface area (Å²) >= 11 is -2.32. The monoisotopic (exact) mass is 324 g/mol. The van der Waals surface area contributed by atoms with Gasteiger partial charge in [0.2, 0.25) is 0 Å². The quantitative estimate of drug-likeness (QED) is 0.424. The molecule has 108 valence electrons. The summed E-state index contributed by atoms with van der Waals surface area (Å²) in [5.74, 6) is 0. The Bertz CT molecular complexity index is 221. The van der Waals surface area contributed by atoms with Crippen molar-refractivity contribution in [2.24, 2.45) is 0 Å². The molecule has 1 fully saturated rings. The number of hydrogen-bond donors (Lipinski definition) is 0. The van der Waals surface area contributed by atoms with Crippen molar-refractivity contribution in [3.63, 3.8) is 0 Å². The van der Waals surface area contributed by atoms with Crippen LogP contribution in [0.25, 0.3) is 0 Å². The summed E-state index contributed by atoms with van der Waals surface area (Å²) in [4.78, 5) is 0. The minimum atomic E-state index is -2.32. The van der Waals surface area contributed by atoms with Crippen molar-refractivity contribution < 1.29 is 11.5 Å². The second-order valence-electron chi connectivity index (χ2n) is 5.18. The normalized spacial score (nSPS) is 23.6. The molecular formula is C14H28O3Se. The molecule has 0 aliphatic carbocycles. The predicted octanol–water partition coefficient (Wildman–Crippen LogP) is 4.13. The van der Waals surface area contributed by atoms with E-state index in [0.717, 1.165) is 6.42 Å². The summed E-state index contributed by atoms with van der Waals surface area (Å²) < 4.78 is 21.0. The fourth-order valence-electron chi connectivity index (χ4n) is 2.29. The third-order valence-corrected chi connectivity index (χ3v) is 5.03. The standard InChI is InChI=1S/C14H28O3Se/c1-2-3-4-5-6-7-8-9-10-11-12-14-13-16-18(15)17-14/h14H,2-13H2,1H3. The molecule has 0 amide bonds. The Kier molecular flexibility index (Phi) is 10.0. The van der Waals surface area contributed by atoms with E-state index in [0.29, 0.717) is 6.61 Å². The Hall–Kier alpha value is 0.239. The van der Waals surface area contributed by atoms with Gasteiger partial charge in [-0.25, -0.2) is 0 Å². The molecule has 1 heterocycles. The molecule has 0 saturated carbocycles. The molecular weight excluding hydrogens is 295 g/mol. The van der Waals surface area contributed by atoms with Gasteiger partial charge in [0.05, 0.1) is 0 Å². The molecule has 0 spiro atoms. The average Bonchev–Trinajstić information content (AvgIpc) is 2.77. The molecule has 0 aromatic heterocycles. The van der Waals surface area contributed by atoms with E-state index in [2.05, 4.69) is 6.92 Å². The first-order chi connectivity index (χ1) is 8.83. The van der Waals surface area contributed by atoms with E-state index in [4.69, 9.17) is 7.64 Å². The zero-order chi connectivity index (χ0) is 13.1. The summed E-state index contributed by atoms with van der Waals surface area (Å²) in [6.45, 7) is 2.81. The number of hydrogen-bond acceptors (Lipinski definition) is 3. The van der Waals surface area contributed by atoms with Crippen LogP contribution in [0.15, 0.2) is 0 Å². The van der Waals surface area contributed by atoms with Crippen LogP contribution in [-0.2, 0) is 11.5 Å². The second-order valence-corrected chi connectivity index (χ2v) is 6.93. The maximum atomic E-state index is 10.9. The Labute approximate surface area is 116 Å². The van der Waals surface area contributed by atoms with Crippen molar-refractivity contribution in [2.45, 2.75) is 83.7 Å². The molecule has 0 radical (unpaired) electrons. The molecule has 0 aromatic rings. The van der Waals surface area contributed by atoms with Crippen molar-refractivity contribution >= 4 is 14.5 Å². The van der Waals surface area contributed by atoms with Crippen LogP contribution in [0, 0.1) is 0 Å². The molecule has 0 bridgehead atoms. The summed E-state index contributed by atoms with van der Waals surface area (Å²) in [5.41, 5.74) is 0. The number of rotatable bonds is 11. The molecule has 2 atom stereocenters. The fraction of sp³-hybridized carbons (Fsp3) is 1.00. The van der Waals surface area contributed by atoms with E-state index < -0.39 is 14.5 Å². The molecule has 18 heavy (non-hydrogen) atoms.